The van der Waals surface area contributed by atoms with E-state index in [-0.39, 0.29) is 12.1 Å². The van der Waals surface area contributed by atoms with E-state index < -0.39 is 0 Å². The quantitative estimate of drug-likeness (QED) is 0.355. The molecule has 0 aliphatic carbocycles. The Bertz CT molecular complexity index is 1280. The molecule has 0 bridgehead atoms. The summed E-state index contributed by atoms with van der Waals surface area (Å²) in [7, 11) is 1.69. The summed E-state index contributed by atoms with van der Waals surface area (Å²) >= 11 is 5.90. The van der Waals surface area contributed by atoms with Crippen LogP contribution in [0.2, 0.25) is 0 Å². The van der Waals surface area contributed by atoms with E-state index in [2.05, 4.69) is 88.2 Å². The lowest BCUT2D eigenvalue weighted by molar-refractivity contribution is 0.414. The van der Waals surface area contributed by atoms with Gasteiger partial charge < -0.3 is 19.5 Å². The number of rotatable bonds is 6. The average molecular weight is 469 g/mol. The normalized spacial score (nSPS) is 17.6. The van der Waals surface area contributed by atoms with Crippen LogP contribution in [0.3, 0.4) is 0 Å². The second kappa shape index (κ2) is 9.31. The summed E-state index contributed by atoms with van der Waals surface area (Å²) in [5.74, 6) is 0.836. The molecule has 34 heavy (non-hydrogen) atoms. The van der Waals surface area contributed by atoms with E-state index in [4.69, 9.17) is 17.0 Å². The molecule has 5 rings (SSSR count). The largest absolute Gasteiger partial charge is 0.497 e. The summed E-state index contributed by atoms with van der Waals surface area (Å²) in [5, 5.41) is 4.26. The van der Waals surface area contributed by atoms with Crippen LogP contribution in [0.1, 0.15) is 41.7 Å². The highest BCUT2D eigenvalue weighted by atomic mass is 32.1. The van der Waals surface area contributed by atoms with Gasteiger partial charge in [-0.3, -0.25) is 4.98 Å². The molecule has 0 saturated carbocycles. The summed E-state index contributed by atoms with van der Waals surface area (Å²) < 4.78 is 7.67. The Morgan fingerprint density at radius 1 is 0.941 bits per heavy atom. The first kappa shape index (κ1) is 22.2. The number of hydrogen-bond donors (Lipinski definition) is 1. The molecule has 1 aliphatic heterocycles. The maximum atomic E-state index is 5.90. The van der Waals surface area contributed by atoms with Gasteiger partial charge in [-0.05, 0) is 91.8 Å². The number of hydrogen-bond acceptors (Lipinski definition) is 3. The number of methoxy groups -OCH3 is 1. The van der Waals surface area contributed by atoms with Gasteiger partial charge in [0.1, 0.15) is 11.8 Å². The highest BCUT2D eigenvalue weighted by Gasteiger charge is 2.42. The van der Waals surface area contributed by atoms with Crippen molar-refractivity contribution in [1.82, 2.24) is 14.9 Å². The van der Waals surface area contributed by atoms with Gasteiger partial charge in [0.2, 0.25) is 0 Å². The van der Waals surface area contributed by atoms with Gasteiger partial charge in [0, 0.05) is 29.0 Å². The molecule has 1 N–H and O–H groups in total. The van der Waals surface area contributed by atoms with E-state index >= 15 is 0 Å². The van der Waals surface area contributed by atoms with Crippen LogP contribution in [0.5, 0.6) is 5.75 Å². The van der Waals surface area contributed by atoms with Gasteiger partial charge in [-0.15, -0.1) is 0 Å². The Hall–Kier alpha value is -3.64. The molecule has 2 aromatic carbocycles. The average Bonchev–Trinajstić information content (AvgIpc) is 3.44. The van der Waals surface area contributed by atoms with E-state index in [0.29, 0.717) is 5.11 Å². The smallest absolute Gasteiger partial charge is 0.174 e. The Morgan fingerprint density at radius 2 is 1.68 bits per heavy atom. The van der Waals surface area contributed by atoms with Crippen molar-refractivity contribution in [3.63, 3.8) is 0 Å². The zero-order chi connectivity index (χ0) is 23.7. The fraction of sp³-hybridized carbons (Fsp3) is 0.214. The SMILES string of the molecule is CCc1ccc(N2C(=S)N[C@H](c3ccccn3)[C@@H]2c2ccc(C)n2-c2ccc(OC)cc2)cc1. The van der Waals surface area contributed by atoms with Gasteiger partial charge in [-0.25, -0.2) is 0 Å². The van der Waals surface area contributed by atoms with Crippen LogP contribution in [0, 0.1) is 6.92 Å². The van der Waals surface area contributed by atoms with Crippen molar-refractivity contribution >= 4 is 23.0 Å². The van der Waals surface area contributed by atoms with E-state index in [1.165, 1.54) is 5.56 Å². The predicted molar refractivity (Wildman–Crippen MR) is 141 cm³/mol. The molecular formula is C28H28N4OS. The molecule has 2 atom stereocenters. The Morgan fingerprint density at radius 3 is 2.32 bits per heavy atom. The van der Waals surface area contributed by atoms with Gasteiger partial charge in [0.15, 0.2) is 5.11 Å². The molecule has 1 saturated heterocycles. The number of aromatic nitrogens is 2. The maximum absolute atomic E-state index is 5.90. The lowest BCUT2D eigenvalue weighted by Gasteiger charge is -2.29. The molecule has 0 spiro atoms. The van der Waals surface area contributed by atoms with Crippen molar-refractivity contribution in [1.29, 1.82) is 0 Å². The number of nitrogens with zero attached hydrogens (tertiary/aromatic N) is 3. The minimum atomic E-state index is -0.0918. The Labute approximate surface area is 206 Å². The topological polar surface area (TPSA) is 42.3 Å². The molecule has 1 aliphatic rings. The van der Waals surface area contributed by atoms with Crippen molar-refractivity contribution in [2.24, 2.45) is 0 Å². The Balaban J connectivity index is 1.66. The monoisotopic (exact) mass is 468 g/mol. The maximum Gasteiger partial charge on any atom is 0.174 e. The van der Waals surface area contributed by atoms with Crippen LogP contribution in [-0.4, -0.2) is 21.8 Å². The van der Waals surface area contributed by atoms with E-state index in [1.54, 1.807) is 7.11 Å². The number of ether oxygens (including phenoxy) is 1. The van der Waals surface area contributed by atoms with Crippen molar-refractivity contribution in [3.05, 3.63) is 108 Å². The summed E-state index contributed by atoms with van der Waals surface area (Å²) in [6.07, 6.45) is 2.84. The summed E-state index contributed by atoms with van der Waals surface area (Å²) in [6.45, 7) is 4.30. The minimum absolute atomic E-state index is 0.0781. The zero-order valence-corrected chi connectivity index (χ0v) is 20.4. The lowest BCUT2D eigenvalue weighted by atomic mass is 10.0. The first-order chi connectivity index (χ1) is 16.6. The van der Waals surface area contributed by atoms with Gasteiger partial charge in [-0.1, -0.05) is 25.1 Å². The molecule has 3 heterocycles. The number of nitrogens with one attached hydrogen (secondary N) is 1. The highest BCUT2D eigenvalue weighted by Crippen LogP contribution is 2.42. The fourth-order valence-corrected chi connectivity index (χ4v) is 5.05. The number of thiocarbonyl (C=S) groups is 1. The molecule has 1 fully saturated rings. The second-order valence-electron chi connectivity index (χ2n) is 8.45. The standard InChI is InChI=1S/C28H28N4OS/c1-4-20-9-11-22(12-10-20)32-27(26(30-28(32)34)24-7-5-6-18-29-24)25-17-8-19(2)31(25)21-13-15-23(33-3)16-14-21/h5-18,26-27H,4H2,1-3H3,(H,30,34)/t26-,27+/m1/s1. The zero-order valence-electron chi connectivity index (χ0n) is 19.6. The fourth-order valence-electron chi connectivity index (χ4n) is 4.70. The van der Waals surface area contributed by atoms with Crippen molar-refractivity contribution in [2.75, 3.05) is 12.0 Å². The first-order valence-electron chi connectivity index (χ1n) is 11.5. The number of anilines is 1. The van der Waals surface area contributed by atoms with Crippen LogP contribution in [-0.2, 0) is 6.42 Å². The van der Waals surface area contributed by atoms with Crippen molar-refractivity contribution in [3.8, 4) is 11.4 Å². The summed E-state index contributed by atoms with van der Waals surface area (Å²) in [5.41, 5.74) is 6.71. The first-order valence-corrected chi connectivity index (χ1v) is 11.9. The molecule has 5 nitrogen and oxygen atoms in total. The minimum Gasteiger partial charge on any atom is -0.497 e. The summed E-state index contributed by atoms with van der Waals surface area (Å²) in [6, 6.07) is 27.1. The third kappa shape index (κ3) is 3.94. The summed E-state index contributed by atoms with van der Waals surface area (Å²) in [4.78, 5) is 6.91. The molecule has 0 unspecified atom stereocenters. The van der Waals surface area contributed by atoms with Crippen LogP contribution < -0.4 is 15.0 Å². The molecule has 172 valence electrons. The number of benzene rings is 2. The molecule has 2 aromatic heterocycles. The number of aryl methyl sites for hydroxylation is 2. The van der Waals surface area contributed by atoms with E-state index in [1.807, 2.05) is 30.5 Å². The lowest BCUT2D eigenvalue weighted by Crippen LogP contribution is -2.30. The van der Waals surface area contributed by atoms with Crippen LogP contribution in [0.4, 0.5) is 5.69 Å². The van der Waals surface area contributed by atoms with E-state index in [0.717, 1.165) is 40.6 Å². The van der Waals surface area contributed by atoms with Gasteiger partial charge in [0.25, 0.3) is 0 Å². The molecule has 0 radical (unpaired) electrons. The van der Waals surface area contributed by atoms with Crippen LogP contribution in [0.15, 0.2) is 85.1 Å². The highest BCUT2D eigenvalue weighted by molar-refractivity contribution is 7.80. The molecule has 4 aromatic rings. The predicted octanol–water partition coefficient (Wildman–Crippen LogP) is 5.93. The van der Waals surface area contributed by atoms with Gasteiger partial charge in [-0.2, -0.15) is 0 Å². The van der Waals surface area contributed by atoms with E-state index in [9.17, 15) is 0 Å². The second-order valence-corrected chi connectivity index (χ2v) is 8.84. The molecular weight excluding hydrogens is 440 g/mol. The Kier molecular flexibility index (Phi) is 6.07. The van der Waals surface area contributed by atoms with Gasteiger partial charge in [0.05, 0.1) is 18.8 Å². The van der Waals surface area contributed by atoms with Gasteiger partial charge >= 0.3 is 0 Å². The van der Waals surface area contributed by atoms with Crippen LogP contribution in [0.25, 0.3) is 5.69 Å². The third-order valence-electron chi connectivity index (χ3n) is 6.46. The van der Waals surface area contributed by atoms with Crippen molar-refractivity contribution in [2.45, 2.75) is 32.4 Å². The third-order valence-corrected chi connectivity index (χ3v) is 6.78. The number of pyridine rings is 1. The molecule has 6 heteroatoms. The van der Waals surface area contributed by atoms with Crippen LogP contribution >= 0.6 is 12.2 Å². The van der Waals surface area contributed by atoms with Crippen molar-refractivity contribution < 1.29 is 4.74 Å². The molecule has 0 amide bonds.